The van der Waals surface area contributed by atoms with Gasteiger partial charge in [-0.05, 0) is 37.8 Å². The van der Waals surface area contributed by atoms with Crippen molar-refractivity contribution < 1.29 is 14.3 Å². The lowest BCUT2D eigenvalue weighted by Gasteiger charge is -2.33. The standard InChI is InChI=1S/C22H29N3O3/c1-27-19-12-16-11-17(23)21(24-18(16)13-20(19)28-2)14-7-9-25(10-8-14)22(26)15-5-3-4-6-15/h11-15H,3-10,23H2,1-2H3. The van der Waals surface area contributed by atoms with Crippen LogP contribution in [0.2, 0.25) is 0 Å². The van der Waals surface area contributed by atoms with E-state index in [1.165, 1.54) is 12.8 Å². The van der Waals surface area contributed by atoms with Crippen LogP contribution < -0.4 is 15.2 Å². The van der Waals surface area contributed by atoms with Gasteiger partial charge in [-0.1, -0.05) is 12.8 Å². The molecule has 28 heavy (non-hydrogen) atoms. The Kier molecular flexibility index (Phi) is 5.29. The Balaban J connectivity index is 1.53. The van der Waals surface area contributed by atoms with Gasteiger partial charge in [-0.3, -0.25) is 9.78 Å². The van der Waals surface area contributed by atoms with Gasteiger partial charge in [-0.25, -0.2) is 0 Å². The minimum Gasteiger partial charge on any atom is -0.493 e. The van der Waals surface area contributed by atoms with Gasteiger partial charge in [0.2, 0.25) is 5.91 Å². The van der Waals surface area contributed by atoms with Crippen molar-refractivity contribution in [1.29, 1.82) is 0 Å². The summed E-state index contributed by atoms with van der Waals surface area (Å²) < 4.78 is 10.8. The van der Waals surface area contributed by atoms with E-state index in [1.54, 1.807) is 14.2 Å². The molecule has 1 aliphatic heterocycles. The molecule has 1 amide bonds. The molecule has 2 aromatic rings. The van der Waals surface area contributed by atoms with Crippen molar-refractivity contribution in [3.8, 4) is 11.5 Å². The molecule has 6 nitrogen and oxygen atoms in total. The highest BCUT2D eigenvalue weighted by Gasteiger charge is 2.31. The van der Waals surface area contributed by atoms with Crippen LogP contribution in [-0.4, -0.2) is 43.1 Å². The number of hydrogen-bond acceptors (Lipinski definition) is 5. The van der Waals surface area contributed by atoms with Crippen LogP contribution in [0.25, 0.3) is 10.9 Å². The van der Waals surface area contributed by atoms with E-state index in [-0.39, 0.29) is 11.8 Å². The third-order valence-electron chi connectivity index (χ3n) is 6.28. The van der Waals surface area contributed by atoms with Gasteiger partial charge in [0.1, 0.15) is 0 Å². The number of aromatic nitrogens is 1. The van der Waals surface area contributed by atoms with Gasteiger partial charge in [0, 0.05) is 36.4 Å². The SMILES string of the molecule is COc1cc2cc(N)c(C3CCN(C(=O)C4CCCC4)CC3)nc2cc1OC. The van der Waals surface area contributed by atoms with Crippen LogP contribution in [0.1, 0.15) is 50.1 Å². The second-order valence-corrected chi connectivity index (χ2v) is 7.94. The maximum atomic E-state index is 12.7. The molecular weight excluding hydrogens is 354 g/mol. The number of amides is 1. The van der Waals surface area contributed by atoms with E-state index < -0.39 is 0 Å². The average Bonchev–Trinajstić information content (AvgIpc) is 3.27. The first-order valence-electron chi connectivity index (χ1n) is 10.2. The first-order chi connectivity index (χ1) is 13.6. The molecule has 1 aliphatic carbocycles. The van der Waals surface area contributed by atoms with E-state index in [1.807, 2.05) is 18.2 Å². The minimum atomic E-state index is 0.253. The van der Waals surface area contributed by atoms with E-state index in [0.29, 0.717) is 23.1 Å². The summed E-state index contributed by atoms with van der Waals surface area (Å²) in [7, 11) is 3.24. The first-order valence-corrected chi connectivity index (χ1v) is 10.2. The second kappa shape index (κ2) is 7.86. The number of piperidine rings is 1. The monoisotopic (exact) mass is 383 g/mol. The molecule has 1 saturated heterocycles. The molecule has 0 bridgehead atoms. The zero-order valence-corrected chi connectivity index (χ0v) is 16.7. The van der Waals surface area contributed by atoms with Gasteiger partial charge in [-0.2, -0.15) is 0 Å². The van der Waals surface area contributed by atoms with Crippen LogP contribution in [-0.2, 0) is 4.79 Å². The van der Waals surface area contributed by atoms with Gasteiger partial charge < -0.3 is 20.1 Å². The largest absolute Gasteiger partial charge is 0.493 e. The van der Waals surface area contributed by atoms with Crippen LogP contribution in [0.5, 0.6) is 11.5 Å². The Morgan fingerprint density at radius 1 is 1.04 bits per heavy atom. The molecule has 4 rings (SSSR count). The van der Waals surface area contributed by atoms with E-state index >= 15 is 0 Å². The molecule has 2 fully saturated rings. The van der Waals surface area contributed by atoms with Crippen molar-refractivity contribution in [1.82, 2.24) is 9.88 Å². The summed E-state index contributed by atoms with van der Waals surface area (Å²) in [6.45, 7) is 1.59. The van der Waals surface area contributed by atoms with Crippen LogP contribution in [0.4, 0.5) is 5.69 Å². The third-order valence-corrected chi connectivity index (χ3v) is 6.28. The second-order valence-electron chi connectivity index (χ2n) is 7.94. The molecule has 150 valence electrons. The summed E-state index contributed by atoms with van der Waals surface area (Å²) in [5.74, 6) is 2.22. The fourth-order valence-corrected chi connectivity index (χ4v) is 4.66. The molecule has 2 aliphatic rings. The number of carbonyl (C=O) groups is 1. The number of ether oxygens (including phenoxy) is 2. The fourth-order valence-electron chi connectivity index (χ4n) is 4.66. The summed E-state index contributed by atoms with van der Waals surface area (Å²) in [6.07, 6.45) is 6.33. The summed E-state index contributed by atoms with van der Waals surface area (Å²) in [5.41, 5.74) is 8.86. The zero-order chi connectivity index (χ0) is 19.7. The molecule has 1 saturated carbocycles. The highest BCUT2D eigenvalue weighted by atomic mass is 16.5. The molecule has 1 aromatic carbocycles. The summed E-state index contributed by atoms with van der Waals surface area (Å²) in [5, 5.41) is 0.938. The predicted octanol–water partition coefficient (Wildman–Crippen LogP) is 3.73. The van der Waals surface area contributed by atoms with Gasteiger partial charge in [0.25, 0.3) is 0 Å². The highest BCUT2D eigenvalue weighted by Crippen LogP contribution is 2.37. The molecule has 0 spiro atoms. The number of nitrogen functional groups attached to an aromatic ring is 1. The first kappa shape index (κ1) is 18.8. The molecule has 1 aromatic heterocycles. The van der Waals surface area contributed by atoms with Crippen molar-refractivity contribution in [2.24, 2.45) is 5.92 Å². The van der Waals surface area contributed by atoms with Crippen molar-refractivity contribution in [3.63, 3.8) is 0 Å². The smallest absolute Gasteiger partial charge is 0.225 e. The number of fused-ring (bicyclic) bond motifs is 1. The Labute approximate surface area is 166 Å². The lowest BCUT2D eigenvalue weighted by atomic mass is 9.90. The number of nitrogens with zero attached hydrogens (tertiary/aromatic N) is 2. The maximum Gasteiger partial charge on any atom is 0.225 e. The molecule has 0 atom stereocenters. The molecule has 2 heterocycles. The number of hydrogen-bond donors (Lipinski definition) is 1. The summed E-state index contributed by atoms with van der Waals surface area (Å²) in [6, 6.07) is 5.77. The number of nitrogens with two attached hydrogens (primary N) is 1. The number of benzene rings is 1. The quantitative estimate of drug-likeness (QED) is 0.870. The Hall–Kier alpha value is -2.50. The number of likely N-dealkylation sites (tertiary alicyclic amines) is 1. The van der Waals surface area contributed by atoms with Crippen LogP contribution >= 0.6 is 0 Å². The van der Waals surface area contributed by atoms with Crippen LogP contribution in [0.15, 0.2) is 18.2 Å². The number of carbonyl (C=O) groups excluding carboxylic acids is 1. The molecule has 0 unspecified atom stereocenters. The lowest BCUT2D eigenvalue weighted by Crippen LogP contribution is -2.41. The minimum absolute atomic E-state index is 0.253. The highest BCUT2D eigenvalue weighted by molar-refractivity contribution is 5.86. The van der Waals surface area contributed by atoms with Crippen LogP contribution in [0, 0.1) is 5.92 Å². The molecule has 0 radical (unpaired) electrons. The Bertz CT molecular complexity index is 869. The molecule has 2 N–H and O–H groups in total. The topological polar surface area (TPSA) is 77.7 Å². The Morgan fingerprint density at radius 2 is 1.68 bits per heavy atom. The summed E-state index contributed by atoms with van der Waals surface area (Å²) >= 11 is 0. The van der Waals surface area contributed by atoms with E-state index in [2.05, 4.69) is 4.90 Å². The van der Waals surface area contributed by atoms with E-state index in [4.69, 9.17) is 20.2 Å². The van der Waals surface area contributed by atoms with E-state index in [9.17, 15) is 4.79 Å². The van der Waals surface area contributed by atoms with Crippen LogP contribution in [0.3, 0.4) is 0 Å². The van der Waals surface area contributed by atoms with Crippen molar-refractivity contribution in [2.45, 2.75) is 44.4 Å². The number of rotatable bonds is 4. The summed E-state index contributed by atoms with van der Waals surface area (Å²) in [4.78, 5) is 19.6. The molecule has 6 heteroatoms. The fraction of sp³-hybridized carbons (Fsp3) is 0.545. The van der Waals surface area contributed by atoms with Crippen molar-refractivity contribution in [2.75, 3.05) is 33.0 Å². The maximum absolute atomic E-state index is 12.7. The van der Waals surface area contributed by atoms with Crippen molar-refractivity contribution >= 4 is 22.5 Å². The number of anilines is 1. The average molecular weight is 383 g/mol. The van der Waals surface area contributed by atoms with Gasteiger partial charge >= 0.3 is 0 Å². The Morgan fingerprint density at radius 3 is 2.32 bits per heavy atom. The van der Waals surface area contributed by atoms with Gasteiger partial charge in [0.05, 0.1) is 31.1 Å². The van der Waals surface area contributed by atoms with Gasteiger partial charge in [-0.15, -0.1) is 0 Å². The van der Waals surface area contributed by atoms with Crippen molar-refractivity contribution in [3.05, 3.63) is 23.9 Å². The predicted molar refractivity (Wildman–Crippen MR) is 110 cm³/mol. The molecular formula is C22H29N3O3. The third kappa shape index (κ3) is 3.48. The normalized spacial score (nSPS) is 18.6. The van der Waals surface area contributed by atoms with Gasteiger partial charge in [0.15, 0.2) is 11.5 Å². The van der Waals surface area contributed by atoms with E-state index in [0.717, 1.165) is 55.4 Å². The number of methoxy groups -OCH3 is 2. The lowest BCUT2D eigenvalue weighted by molar-refractivity contribution is -0.136. The zero-order valence-electron chi connectivity index (χ0n) is 16.7. The number of pyridine rings is 1.